The van der Waals surface area contributed by atoms with Gasteiger partial charge in [0.05, 0.1) is 11.2 Å². The Bertz CT molecular complexity index is 592. The van der Waals surface area contributed by atoms with Crippen LogP contribution in [0.4, 0.5) is 5.69 Å². The molecule has 1 aromatic carbocycles. The molecule has 3 rings (SSSR count). The van der Waals surface area contributed by atoms with Gasteiger partial charge in [0, 0.05) is 11.9 Å². The molecular formula is C17H19N3S. The molecule has 1 fully saturated rings. The van der Waals surface area contributed by atoms with E-state index in [9.17, 15) is 0 Å². The Morgan fingerprint density at radius 1 is 1.00 bits per heavy atom. The monoisotopic (exact) mass is 297 g/mol. The first-order chi connectivity index (χ1) is 10.3. The third-order valence-corrected chi connectivity index (χ3v) is 4.20. The number of rotatable bonds is 3. The summed E-state index contributed by atoms with van der Waals surface area (Å²) in [6.07, 6.45) is 6.40. The van der Waals surface area contributed by atoms with Crippen LogP contribution in [-0.2, 0) is 5.54 Å². The normalized spacial score (nSPS) is 16.4. The summed E-state index contributed by atoms with van der Waals surface area (Å²) in [5.41, 5.74) is 1.96. The highest BCUT2D eigenvalue weighted by atomic mass is 32.1. The molecule has 1 aromatic heterocycles. The summed E-state index contributed by atoms with van der Waals surface area (Å²) in [5, 5.41) is 7.43. The lowest BCUT2D eigenvalue weighted by Crippen LogP contribution is -2.46. The Balaban J connectivity index is 1.75. The molecule has 0 amide bonds. The van der Waals surface area contributed by atoms with Crippen LogP contribution in [0.15, 0.2) is 54.7 Å². The van der Waals surface area contributed by atoms with Gasteiger partial charge in [-0.3, -0.25) is 4.98 Å². The minimum atomic E-state index is -0.125. The molecule has 0 spiro atoms. The second-order valence-corrected chi connectivity index (χ2v) is 5.86. The lowest BCUT2D eigenvalue weighted by molar-refractivity contribution is 0.396. The van der Waals surface area contributed by atoms with E-state index in [1.807, 2.05) is 48.7 Å². The van der Waals surface area contributed by atoms with Crippen LogP contribution in [-0.4, -0.2) is 10.1 Å². The van der Waals surface area contributed by atoms with Gasteiger partial charge in [-0.05, 0) is 49.3 Å². The lowest BCUT2D eigenvalue weighted by atomic mass is 9.93. The van der Waals surface area contributed by atoms with Gasteiger partial charge in [-0.15, -0.1) is 0 Å². The van der Waals surface area contributed by atoms with Crippen LogP contribution >= 0.6 is 12.2 Å². The first-order valence-electron chi connectivity index (χ1n) is 7.34. The molecule has 0 unspecified atom stereocenters. The van der Waals surface area contributed by atoms with Crippen molar-refractivity contribution >= 4 is 23.0 Å². The quantitative estimate of drug-likeness (QED) is 0.844. The van der Waals surface area contributed by atoms with Gasteiger partial charge in [0.15, 0.2) is 5.11 Å². The van der Waals surface area contributed by atoms with Gasteiger partial charge in [-0.2, -0.15) is 0 Å². The van der Waals surface area contributed by atoms with Crippen molar-refractivity contribution in [2.24, 2.45) is 0 Å². The molecule has 2 N–H and O–H groups in total. The molecule has 0 atom stereocenters. The van der Waals surface area contributed by atoms with Crippen LogP contribution in [0.3, 0.4) is 0 Å². The Kier molecular flexibility index (Phi) is 4.15. The van der Waals surface area contributed by atoms with Gasteiger partial charge in [-0.1, -0.05) is 37.1 Å². The van der Waals surface area contributed by atoms with Crippen LogP contribution in [0, 0.1) is 0 Å². The number of hydrogen-bond donors (Lipinski definition) is 2. The van der Waals surface area contributed by atoms with Crippen LogP contribution in [0.5, 0.6) is 0 Å². The van der Waals surface area contributed by atoms with Crippen LogP contribution in [0.1, 0.15) is 31.4 Å². The number of para-hydroxylation sites is 1. The molecule has 1 heterocycles. The summed E-state index contributed by atoms with van der Waals surface area (Å²) in [6, 6.07) is 16.1. The fourth-order valence-corrected chi connectivity index (χ4v) is 3.28. The molecule has 21 heavy (non-hydrogen) atoms. The maximum atomic E-state index is 5.49. The number of hydrogen-bond acceptors (Lipinski definition) is 2. The zero-order valence-electron chi connectivity index (χ0n) is 11.9. The highest BCUT2D eigenvalue weighted by Crippen LogP contribution is 2.37. The lowest BCUT2D eigenvalue weighted by Gasteiger charge is -2.31. The van der Waals surface area contributed by atoms with E-state index in [1.54, 1.807) is 0 Å². The van der Waals surface area contributed by atoms with E-state index in [0.717, 1.165) is 24.2 Å². The summed E-state index contributed by atoms with van der Waals surface area (Å²) in [4.78, 5) is 4.54. The third kappa shape index (κ3) is 3.22. The molecular weight excluding hydrogens is 278 g/mol. The topological polar surface area (TPSA) is 37.0 Å². The van der Waals surface area contributed by atoms with Gasteiger partial charge in [0.1, 0.15) is 0 Å². The van der Waals surface area contributed by atoms with E-state index in [2.05, 4.69) is 21.7 Å². The number of benzene rings is 1. The summed E-state index contributed by atoms with van der Waals surface area (Å²) in [6.45, 7) is 0. The van der Waals surface area contributed by atoms with Gasteiger partial charge in [0.2, 0.25) is 0 Å². The fourth-order valence-electron chi connectivity index (χ4n) is 2.97. The number of thiocarbonyl (C=S) groups is 1. The van der Waals surface area contributed by atoms with Gasteiger partial charge < -0.3 is 10.6 Å². The van der Waals surface area contributed by atoms with Crippen molar-refractivity contribution in [1.29, 1.82) is 0 Å². The van der Waals surface area contributed by atoms with E-state index >= 15 is 0 Å². The van der Waals surface area contributed by atoms with Crippen molar-refractivity contribution in [1.82, 2.24) is 10.3 Å². The molecule has 3 nitrogen and oxygen atoms in total. The Morgan fingerprint density at radius 2 is 1.71 bits per heavy atom. The third-order valence-electron chi connectivity index (χ3n) is 4.00. The Labute approximate surface area is 130 Å². The van der Waals surface area contributed by atoms with E-state index in [4.69, 9.17) is 12.2 Å². The van der Waals surface area contributed by atoms with Gasteiger partial charge in [0.25, 0.3) is 0 Å². The maximum absolute atomic E-state index is 5.49. The predicted octanol–water partition coefficient (Wildman–Crippen LogP) is 3.84. The minimum absolute atomic E-state index is 0.125. The Morgan fingerprint density at radius 3 is 2.38 bits per heavy atom. The summed E-state index contributed by atoms with van der Waals surface area (Å²) in [5.74, 6) is 0. The fraction of sp³-hybridized carbons (Fsp3) is 0.294. The second kappa shape index (κ2) is 6.22. The van der Waals surface area contributed by atoms with Crippen molar-refractivity contribution in [3.8, 4) is 0 Å². The number of anilines is 1. The number of nitrogens with zero attached hydrogens (tertiary/aromatic N) is 1. The van der Waals surface area contributed by atoms with E-state index < -0.39 is 0 Å². The molecule has 0 saturated heterocycles. The van der Waals surface area contributed by atoms with Crippen molar-refractivity contribution in [2.45, 2.75) is 31.2 Å². The van der Waals surface area contributed by atoms with Gasteiger partial charge in [-0.25, -0.2) is 0 Å². The van der Waals surface area contributed by atoms with Crippen LogP contribution in [0.2, 0.25) is 0 Å². The van der Waals surface area contributed by atoms with Crippen LogP contribution < -0.4 is 10.6 Å². The number of nitrogens with one attached hydrogen (secondary N) is 2. The highest BCUT2D eigenvalue weighted by Gasteiger charge is 2.37. The largest absolute Gasteiger partial charge is 0.351 e. The average Bonchev–Trinajstić information content (AvgIpc) is 2.99. The van der Waals surface area contributed by atoms with E-state index in [0.29, 0.717) is 5.11 Å². The number of aromatic nitrogens is 1. The highest BCUT2D eigenvalue weighted by molar-refractivity contribution is 7.80. The van der Waals surface area contributed by atoms with Crippen molar-refractivity contribution in [3.63, 3.8) is 0 Å². The molecule has 2 aromatic rings. The van der Waals surface area contributed by atoms with Gasteiger partial charge >= 0.3 is 0 Å². The van der Waals surface area contributed by atoms with Crippen molar-refractivity contribution in [3.05, 3.63) is 60.4 Å². The first kappa shape index (κ1) is 14.0. The molecule has 108 valence electrons. The predicted molar refractivity (Wildman–Crippen MR) is 90.2 cm³/mol. The Hall–Kier alpha value is -1.94. The average molecular weight is 297 g/mol. The maximum Gasteiger partial charge on any atom is 0.171 e. The molecule has 0 radical (unpaired) electrons. The molecule has 1 saturated carbocycles. The molecule has 4 heteroatoms. The number of pyridine rings is 1. The molecule has 1 aliphatic rings. The minimum Gasteiger partial charge on any atom is -0.351 e. The summed E-state index contributed by atoms with van der Waals surface area (Å²) < 4.78 is 0. The van der Waals surface area contributed by atoms with Crippen molar-refractivity contribution in [2.75, 3.05) is 5.32 Å². The SMILES string of the molecule is S=C(Nc1ccccc1)NC1(c2ccccn2)CCCC1. The zero-order chi connectivity index (χ0) is 14.5. The molecule has 0 aliphatic heterocycles. The van der Waals surface area contributed by atoms with E-state index in [-0.39, 0.29) is 5.54 Å². The second-order valence-electron chi connectivity index (χ2n) is 5.45. The molecule has 1 aliphatic carbocycles. The van der Waals surface area contributed by atoms with Crippen LogP contribution in [0.25, 0.3) is 0 Å². The summed E-state index contributed by atoms with van der Waals surface area (Å²) >= 11 is 5.49. The standard InChI is InChI=1S/C17H19N3S/c21-16(19-14-8-2-1-3-9-14)20-17(11-5-6-12-17)15-10-4-7-13-18-15/h1-4,7-10,13H,5-6,11-12H2,(H2,19,20,21). The zero-order valence-corrected chi connectivity index (χ0v) is 12.7. The summed E-state index contributed by atoms with van der Waals surface area (Å²) in [7, 11) is 0. The van der Waals surface area contributed by atoms with Crippen molar-refractivity contribution < 1.29 is 0 Å². The first-order valence-corrected chi connectivity index (χ1v) is 7.75. The smallest absolute Gasteiger partial charge is 0.171 e. The molecule has 0 bridgehead atoms. The van der Waals surface area contributed by atoms with E-state index in [1.165, 1.54) is 12.8 Å².